The highest BCUT2D eigenvalue weighted by Gasteiger charge is 2.33. The summed E-state index contributed by atoms with van der Waals surface area (Å²) in [6.45, 7) is 3.19. The molecule has 14 heavy (non-hydrogen) atoms. The number of hydrogen-bond donors (Lipinski definition) is 1. The van der Waals surface area contributed by atoms with Crippen LogP contribution in [0.25, 0.3) is 0 Å². The van der Waals surface area contributed by atoms with E-state index >= 15 is 0 Å². The van der Waals surface area contributed by atoms with Gasteiger partial charge in [-0.3, -0.25) is 0 Å². The van der Waals surface area contributed by atoms with Gasteiger partial charge in [0.25, 0.3) is 6.01 Å². The Hall–Kier alpha value is -1.03. The van der Waals surface area contributed by atoms with Crippen molar-refractivity contribution in [2.75, 3.05) is 18.5 Å². The molecular formula is C10H16N2O2. The Bertz CT molecular complexity index is 311. The molecule has 1 aromatic heterocycles. The number of aromatic nitrogens is 1. The molecule has 0 aromatic carbocycles. The number of aliphatic hydroxyl groups is 1. The summed E-state index contributed by atoms with van der Waals surface area (Å²) in [6, 6.07) is 0.605. The smallest absolute Gasteiger partial charge is 0.297 e. The minimum Gasteiger partial charge on any atom is -0.432 e. The van der Waals surface area contributed by atoms with Crippen LogP contribution in [0.1, 0.15) is 19.0 Å². The molecule has 2 atom stereocenters. The monoisotopic (exact) mass is 196 g/mol. The third-order valence-electron chi connectivity index (χ3n) is 2.81. The molecule has 0 aliphatic heterocycles. The molecule has 0 radical (unpaired) electrons. The second-order valence-corrected chi connectivity index (χ2v) is 4.13. The maximum atomic E-state index is 8.83. The summed E-state index contributed by atoms with van der Waals surface area (Å²) in [5, 5.41) is 8.83. The minimum atomic E-state index is -0.0584. The molecule has 0 spiro atoms. The largest absolute Gasteiger partial charge is 0.432 e. The van der Waals surface area contributed by atoms with E-state index in [1.165, 1.54) is 12.7 Å². The zero-order valence-corrected chi connectivity index (χ0v) is 8.60. The Balaban J connectivity index is 1.93. The standard InChI is InChI=1S/C10H16N2O2/c1-7-3-8(7)4-12(2)10-11-9(5-13)6-14-10/h6-8,13H,3-5H2,1-2H3. The van der Waals surface area contributed by atoms with Crippen molar-refractivity contribution in [3.63, 3.8) is 0 Å². The molecule has 0 bridgehead atoms. The predicted octanol–water partition coefficient (Wildman–Crippen LogP) is 1.26. The Morgan fingerprint density at radius 1 is 1.71 bits per heavy atom. The minimum absolute atomic E-state index is 0.0584. The fourth-order valence-corrected chi connectivity index (χ4v) is 1.63. The molecule has 1 heterocycles. The van der Waals surface area contributed by atoms with E-state index in [4.69, 9.17) is 9.52 Å². The molecule has 0 saturated heterocycles. The molecule has 1 fully saturated rings. The first-order chi connectivity index (χ1) is 6.70. The van der Waals surface area contributed by atoms with E-state index in [0.717, 1.165) is 18.4 Å². The SMILES string of the molecule is CC1CC1CN(C)c1nc(CO)co1. The van der Waals surface area contributed by atoms with Crippen LogP contribution in [0.2, 0.25) is 0 Å². The van der Waals surface area contributed by atoms with Crippen molar-refractivity contribution in [1.82, 2.24) is 4.98 Å². The molecule has 1 N–H and O–H groups in total. The molecule has 4 nitrogen and oxygen atoms in total. The predicted molar refractivity (Wildman–Crippen MR) is 53.0 cm³/mol. The molecule has 2 unspecified atom stereocenters. The van der Waals surface area contributed by atoms with Crippen LogP contribution in [0.15, 0.2) is 10.7 Å². The Kier molecular flexibility index (Phi) is 2.46. The summed E-state index contributed by atoms with van der Waals surface area (Å²) >= 11 is 0. The van der Waals surface area contributed by atoms with E-state index in [2.05, 4.69) is 11.9 Å². The average molecular weight is 196 g/mol. The maximum absolute atomic E-state index is 8.83. The van der Waals surface area contributed by atoms with Crippen molar-refractivity contribution in [3.05, 3.63) is 12.0 Å². The number of anilines is 1. The van der Waals surface area contributed by atoms with Gasteiger partial charge in [-0.1, -0.05) is 6.92 Å². The molecule has 1 aliphatic rings. The van der Waals surface area contributed by atoms with Gasteiger partial charge in [-0.25, -0.2) is 0 Å². The zero-order valence-electron chi connectivity index (χ0n) is 8.60. The third-order valence-corrected chi connectivity index (χ3v) is 2.81. The number of aliphatic hydroxyl groups excluding tert-OH is 1. The van der Waals surface area contributed by atoms with Crippen molar-refractivity contribution in [2.45, 2.75) is 20.0 Å². The zero-order chi connectivity index (χ0) is 10.1. The lowest BCUT2D eigenvalue weighted by Gasteiger charge is -2.13. The van der Waals surface area contributed by atoms with Gasteiger partial charge >= 0.3 is 0 Å². The van der Waals surface area contributed by atoms with Gasteiger partial charge in [-0.2, -0.15) is 4.98 Å². The lowest BCUT2D eigenvalue weighted by atomic mass is 10.3. The molecule has 0 amide bonds. The molecule has 1 saturated carbocycles. The highest BCUT2D eigenvalue weighted by Crippen LogP contribution is 2.38. The summed E-state index contributed by atoms with van der Waals surface area (Å²) in [4.78, 5) is 6.15. The topological polar surface area (TPSA) is 49.5 Å². The van der Waals surface area contributed by atoms with Crippen molar-refractivity contribution < 1.29 is 9.52 Å². The highest BCUT2D eigenvalue weighted by atomic mass is 16.4. The third kappa shape index (κ3) is 1.90. The fourth-order valence-electron chi connectivity index (χ4n) is 1.63. The van der Waals surface area contributed by atoms with Crippen LogP contribution in [-0.4, -0.2) is 23.7 Å². The quantitative estimate of drug-likeness (QED) is 0.787. The van der Waals surface area contributed by atoms with Crippen LogP contribution in [0.4, 0.5) is 6.01 Å². The van der Waals surface area contributed by atoms with E-state index < -0.39 is 0 Å². The number of hydrogen-bond acceptors (Lipinski definition) is 4. The van der Waals surface area contributed by atoms with E-state index in [0.29, 0.717) is 11.7 Å². The van der Waals surface area contributed by atoms with Crippen LogP contribution in [0, 0.1) is 11.8 Å². The van der Waals surface area contributed by atoms with Crippen LogP contribution in [-0.2, 0) is 6.61 Å². The summed E-state index contributed by atoms with van der Waals surface area (Å²) in [6.07, 6.45) is 2.81. The van der Waals surface area contributed by atoms with Gasteiger partial charge in [-0.05, 0) is 18.3 Å². The summed E-state index contributed by atoms with van der Waals surface area (Å²) in [5.74, 6) is 1.62. The van der Waals surface area contributed by atoms with Crippen molar-refractivity contribution in [2.24, 2.45) is 11.8 Å². The summed E-state index contributed by atoms with van der Waals surface area (Å²) in [5.41, 5.74) is 0.593. The first-order valence-corrected chi connectivity index (χ1v) is 4.97. The molecule has 2 rings (SSSR count). The second-order valence-electron chi connectivity index (χ2n) is 4.13. The van der Waals surface area contributed by atoms with E-state index in [-0.39, 0.29) is 6.61 Å². The summed E-state index contributed by atoms with van der Waals surface area (Å²) < 4.78 is 5.24. The molecular weight excluding hydrogens is 180 g/mol. The highest BCUT2D eigenvalue weighted by molar-refractivity contribution is 5.25. The van der Waals surface area contributed by atoms with Crippen LogP contribution < -0.4 is 4.90 Å². The lowest BCUT2D eigenvalue weighted by Crippen LogP contribution is -2.20. The first kappa shape index (κ1) is 9.52. The van der Waals surface area contributed by atoms with Gasteiger partial charge in [0, 0.05) is 13.6 Å². The van der Waals surface area contributed by atoms with Crippen molar-refractivity contribution in [3.8, 4) is 0 Å². The van der Waals surface area contributed by atoms with E-state index in [1.807, 2.05) is 11.9 Å². The van der Waals surface area contributed by atoms with Gasteiger partial charge in [0.05, 0.1) is 6.61 Å². The Morgan fingerprint density at radius 2 is 2.43 bits per heavy atom. The van der Waals surface area contributed by atoms with Crippen molar-refractivity contribution >= 4 is 6.01 Å². The van der Waals surface area contributed by atoms with Crippen LogP contribution in [0.5, 0.6) is 0 Å². The number of rotatable bonds is 4. The normalized spacial score (nSPS) is 25.1. The van der Waals surface area contributed by atoms with E-state index in [1.54, 1.807) is 0 Å². The molecule has 1 aliphatic carbocycles. The molecule has 78 valence electrons. The summed E-state index contributed by atoms with van der Waals surface area (Å²) in [7, 11) is 1.97. The van der Waals surface area contributed by atoms with Crippen LogP contribution >= 0.6 is 0 Å². The van der Waals surface area contributed by atoms with Gasteiger partial charge < -0.3 is 14.4 Å². The number of nitrogens with zero attached hydrogens (tertiary/aromatic N) is 2. The average Bonchev–Trinajstić information content (AvgIpc) is 2.72. The Morgan fingerprint density at radius 3 is 2.93 bits per heavy atom. The first-order valence-electron chi connectivity index (χ1n) is 4.97. The second kappa shape index (κ2) is 3.61. The van der Waals surface area contributed by atoms with Crippen LogP contribution in [0.3, 0.4) is 0 Å². The van der Waals surface area contributed by atoms with Gasteiger partial charge in [0.1, 0.15) is 12.0 Å². The Labute approximate surface area is 83.5 Å². The molecule has 4 heteroatoms. The van der Waals surface area contributed by atoms with Gasteiger partial charge in [0.2, 0.25) is 0 Å². The number of oxazole rings is 1. The van der Waals surface area contributed by atoms with Gasteiger partial charge in [0.15, 0.2) is 0 Å². The van der Waals surface area contributed by atoms with Crippen molar-refractivity contribution in [1.29, 1.82) is 0 Å². The lowest BCUT2D eigenvalue weighted by molar-refractivity contribution is 0.276. The van der Waals surface area contributed by atoms with Gasteiger partial charge in [-0.15, -0.1) is 0 Å². The maximum Gasteiger partial charge on any atom is 0.297 e. The van der Waals surface area contributed by atoms with E-state index in [9.17, 15) is 0 Å². The fraction of sp³-hybridized carbons (Fsp3) is 0.700. The molecule has 1 aromatic rings.